The van der Waals surface area contributed by atoms with E-state index in [1.165, 1.54) is 18.9 Å². The first-order valence-corrected chi connectivity index (χ1v) is 12.5. The molecule has 0 bridgehead atoms. The third-order valence-electron chi connectivity index (χ3n) is 7.99. The molecule has 0 radical (unpaired) electrons. The van der Waals surface area contributed by atoms with Gasteiger partial charge in [-0.1, -0.05) is 34.6 Å². The number of hydrogen-bond acceptors (Lipinski definition) is 6. The summed E-state index contributed by atoms with van der Waals surface area (Å²) in [5, 5.41) is 10.4. The molecule has 2 aliphatic heterocycles. The summed E-state index contributed by atoms with van der Waals surface area (Å²) in [6.45, 7) is 11.8. The highest BCUT2D eigenvalue weighted by atomic mass is 16.2. The Bertz CT molecular complexity index is 970. The molecule has 6 atom stereocenters. The number of nitrogens with zero attached hydrogens (tertiary/aromatic N) is 1. The van der Waals surface area contributed by atoms with E-state index in [9.17, 15) is 28.8 Å². The van der Waals surface area contributed by atoms with Crippen LogP contribution >= 0.6 is 0 Å². The standard InChI is InChI=1S/C25H39N5O6/c1-12(31)28-19(24(2,3)4)23(36)30-11-14-16(25(14,5)6)17(30)21(34)29-15(18(32)22(35)26-7)10-13-8-9-27-20(13)33/h13-17,19H,8-11H2,1-7H3,(H,26,35)(H,27,33)(H,28,31)(H,29,34)/t13?,14-,15?,16-,17-,19?/m0/s1. The number of fused-ring (bicyclic) bond motifs is 1. The maximum absolute atomic E-state index is 13.7. The van der Waals surface area contributed by atoms with Crippen molar-refractivity contribution in [2.75, 3.05) is 20.1 Å². The third kappa shape index (κ3) is 5.24. The summed E-state index contributed by atoms with van der Waals surface area (Å²) in [6, 6.07) is -2.89. The molecular weight excluding hydrogens is 466 g/mol. The average molecular weight is 506 g/mol. The maximum atomic E-state index is 13.7. The van der Waals surface area contributed by atoms with Gasteiger partial charge in [0.2, 0.25) is 29.4 Å². The summed E-state index contributed by atoms with van der Waals surface area (Å²) >= 11 is 0. The Hall–Kier alpha value is -2.98. The van der Waals surface area contributed by atoms with E-state index in [1.807, 2.05) is 34.6 Å². The lowest BCUT2D eigenvalue weighted by Crippen LogP contribution is -2.60. The Kier molecular flexibility index (Phi) is 7.53. The molecule has 3 rings (SSSR count). The van der Waals surface area contributed by atoms with E-state index in [0.29, 0.717) is 19.5 Å². The molecule has 4 N–H and O–H groups in total. The van der Waals surface area contributed by atoms with Crippen LogP contribution in [0.15, 0.2) is 0 Å². The predicted molar refractivity (Wildman–Crippen MR) is 130 cm³/mol. The van der Waals surface area contributed by atoms with Gasteiger partial charge in [-0.3, -0.25) is 28.8 Å². The fraction of sp³-hybridized carbons (Fsp3) is 0.760. The van der Waals surface area contributed by atoms with Crippen molar-refractivity contribution < 1.29 is 28.8 Å². The molecule has 0 aromatic heterocycles. The lowest BCUT2D eigenvalue weighted by Gasteiger charge is -2.37. The second kappa shape index (κ2) is 9.82. The highest BCUT2D eigenvalue weighted by Gasteiger charge is 2.69. The van der Waals surface area contributed by atoms with Crippen molar-refractivity contribution in [2.45, 2.75) is 72.5 Å². The van der Waals surface area contributed by atoms with Gasteiger partial charge in [-0.25, -0.2) is 0 Å². The van der Waals surface area contributed by atoms with Crippen LogP contribution in [-0.4, -0.2) is 78.5 Å². The van der Waals surface area contributed by atoms with Crippen LogP contribution in [0.25, 0.3) is 0 Å². The first-order chi connectivity index (χ1) is 16.6. The zero-order valence-electron chi connectivity index (χ0n) is 22.2. The zero-order chi connectivity index (χ0) is 27.2. The number of carbonyl (C=O) groups is 6. The van der Waals surface area contributed by atoms with E-state index in [4.69, 9.17) is 0 Å². The minimum absolute atomic E-state index is 0.00150. The van der Waals surface area contributed by atoms with E-state index in [-0.39, 0.29) is 41.4 Å². The molecule has 3 aliphatic rings. The van der Waals surface area contributed by atoms with Crippen molar-refractivity contribution >= 4 is 35.3 Å². The van der Waals surface area contributed by atoms with Crippen LogP contribution < -0.4 is 21.3 Å². The number of ketones is 1. The van der Waals surface area contributed by atoms with Gasteiger partial charge < -0.3 is 26.2 Å². The van der Waals surface area contributed by atoms with Crippen molar-refractivity contribution in [3.05, 3.63) is 0 Å². The topological polar surface area (TPSA) is 154 Å². The van der Waals surface area contributed by atoms with E-state index in [2.05, 4.69) is 21.3 Å². The van der Waals surface area contributed by atoms with Gasteiger partial charge in [0, 0.05) is 33.0 Å². The van der Waals surface area contributed by atoms with Crippen LogP contribution in [0, 0.1) is 28.6 Å². The minimum atomic E-state index is -1.20. The van der Waals surface area contributed by atoms with Gasteiger partial charge in [-0.15, -0.1) is 0 Å². The lowest BCUT2D eigenvalue weighted by molar-refractivity contribution is -0.146. The van der Waals surface area contributed by atoms with Crippen LogP contribution in [0.4, 0.5) is 0 Å². The number of hydrogen-bond donors (Lipinski definition) is 4. The quantitative estimate of drug-likeness (QED) is 0.322. The molecule has 11 nitrogen and oxygen atoms in total. The van der Waals surface area contributed by atoms with Crippen molar-refractivity contribution in [3.8, 4) is 0 Å². The van der Waals surface area contributed by atoms with E-state index < -0.39 is 47.1 Å². The molecule has 2 saturated heterocycles. The summed E-state index contributed by atoms with van der Waals surface area (Å²) in [5.74, 6) is -3.67. The summed E-state index contributed by atoms with van der Waals surface area (Å²) < 4.78 is 0. The lowest BCUT2D eigenvalue weighted by atomic mass is 9.85. The smallest absolute Gasteiger partial charge is 0.289 e. The van der Waals surface area contributed by atoms with Gasteiger partial charge in [0.25, 0.3) is 5.91 Å². The number of rotatable bonds is 8. The number of likely N-dealkylation sites (N-methyl/N-ethyl adjacent to an activating group) is 1. The van der Waals surface area contributed by atoms with Crippen LogP contribution in [0.1, 0.15) is 54.4 Å². The largest absolute Gasteiger partial charge is 0.356 e. The van der Waals surface area contributed by atoms with E-state index in [0.717, 1.165) is 0 Å². The fourth-order valence-corrected chi connectivity index (χ4v) is 5.76. The Balaban J connectivity index is 1.87. The van der Waals surface area contributed by atoms with Crippen molar-refractivity contribution in [1.82, 2.24) is 26.2 Å². The normalized spacial score (nSPS) is 27.9. The summed E-state index contributed by atoms with van der Waals surface area (Å²) in [6.07, 6.45) is 0.500. The third-order valence-corrected chi connectivity index (χ3v) is 7.99. The van der Waals surface area contributed by atoms with Crippen LogP contribution in [-0.2, 0) is 28.8 Å². The van der Waals surface area contributed by atoms with Crippen molar-refractivity contribution in [1.29, 1.82) is 0 Å². The molecule has 1 saturated carbocycles. The predicted octanol–water partition coefficient (Wildman–Crippen LogP) is -0.654. The Morgan fingerprint density at radius 3 is 2.28 bits per heavy atom. The molecule has 1 aliphatic carbocycles. The summed E-state index contributed by atoms with van der Waals surface area (Å²) in [7, 11) is 1.32. The van der Waals surface area contributed by atoms with Gasteiger partial charge in [0.05, 0.1) is 6.04 Å². The van der Waals surface area contributed by atoms with Crippen LogP contribution in [0.3, 0.4) is 0 Å². The van der Waals surface area contributed by atoms with Gasteiger partial charge in [-0.05, 0) is 35.5 Å². The van der Waals surface area contributed by atoms with Gasteiger partial charge in [-0.2, -0.15) is 0 Å². The second-order valence-corrected chi connectivity index (χ2v) is 11.9. The maximum Gasteiger partial charge on any atom is 0.289 e. The van der Waals surface area contributed by atoms with Gasteiger partial charge >= 0.3 is 0 Å². The number of Topliss-reactive ketones (excluding diaryl/α,β-unsaturated/α-hetero) is 1. The summed E-state index contributed by atoms with van der Waals surface area (Å²) in [5.41, 5.74) is -0.769. The fourth-order valence-electron chi connectivity index (χ4n) is 5.76. The zero-order valence-corrected chi connectivity index (χ0v) is 22.2. The number of carbonyl (C=O) groups excluding carboxylic acids is 6. The van der Waals surface area contributed by atoms with E-state index in [1.54, 1.807) is 0 Å². The van der Waals surface area contributed by atoms with Crippen molar-refractivity contribution in [3.63, 3.8) is 0 Å². The molecule has 3 unspecified atom stereocenters. The van der Waals surface area contributed by atoms with Gasteiger partial charge in [0.1, 0.15) is 12.1 Å². The molecule has 0 aromatic rings. The highest BCUT2D eigenvalue weighted by molar-refractivity contribution is 6.38. The molecular formula is C25H39N5O6. The Labute approximate surface area is 211 Å². The van der Waals surface area contributed by atoms with E-state index >= 15 is 0 Å². The van der Waals surface area contributed by atoms with Gasteiger partial charge in [0.15, 0.2) is 0 Å². The Morgan fingerprint density at radius 2 is 1.78 bits per heavy atom. The number of likely N-dealkylation sites (tertiary alicyclic amines) is 1. The van der Waals surface area contributed by atoms with Crippen LogP contribution in [0.5, 0.6) is 0 Å². The molecule has 11 heteroatoms. The molecule has 5 amide bonds. The first-order valence-electron chi connectivity index (χ1n) is 12.5. The average Bonchev–Trinajstić information content (AvgIpc) is 3.13. The monoisotopic (exact) mass is 505 g/mol. The number of piperidine rings is 1. The molecule has 2 heterocycles. The SMILES string of the molecule is CNC(=O)C(=O)C(CC1CCNC1=O)NC(=O)[C@@H]1[C@@H]2[C@H](CN1C(=O)C(NC(C)=O)C(C)(C)C)C2(C)C. The molecule has 0 spiro atoms. The molecule has 3 fully saturated rings. The molecule has 36 heavy (non-hydrogen) atoms. The highest BCUT2D eigenvalue weighted by Crippen LogP contribution is 2.65. The van der Waals surface area contributed by atoms with Crippen LogP contribution in [0.2, 0.25) is 0 Å². The van der Waals surface area contributed by atoms with Crippen molar-refractivity contribution in [2.24, 2.45) is 28.6 Å². The Morgan fingerprint density at radius 1 is 1.14 bits per heavy atom. The number of amides is 5. The first kappa shape index (κ1) is 27.6. The summed E-state index contributed by atoms with van der Waals surface area (Å²) in [4.78, 5) is 77.8. The molecule has 0 aromatic carbocycles. The molecule has 200 valence electrons. The second-order valence-electron chi connectivity index (χ2n) is 11.9. The number of nitrogens with one attached hydrogen (secondary N) is 4. The minimum Gasteiger partial charge on any atom is -0.356 e.